The summed E-state index contributed by atoms with van der Waals surface area (Å²) in [4.78, 5) is 2.36. The molecule has 1 atom stereocenters. The molecule has 0 aliphatic carbocycles. The van der Waals surface area contributed by atoms with Gasteiger partial charge in [0.25, 0.3) is 0 Å². The lowest BCUT2D eigenvalue weighted by Crippen LogP contribution is -2.48. The maximum atomic E-state index is 11.5. The molecule has 7 heteroatoms. The molecule has 1 aromatic carbocycles. The van der Waals surface area contributed by atoms with Crippen LogP contribution in [0.4, 0.5) is 0 Å². The van der Waals surface area contributed by atoms with Gasteiger partial charge in [-0.1, -0.05) is 6.07 Å². The number of aliphatic hydroxyl groups is 1. The summed E-state index contributed by atoms with van der Waals surface area (Å²) in [5.74, 6) is 0.534. The Balaban J connectivity index is 1.88. The van der Waals surface area contributed by atoms with Gasteiger partial charge in [-0.05, 0) is 18.2 Å². The smallest absolute Gasteiger partial charge is 0.175 e. The number of benzene rings is 1. The molecule has 0 saturated carbocycles. The summed E-state index contributed by atoms with van der Waals surface area (Å²) < 4.78 is 33.9. The van der Waals surface area contributed by atoms with Gasteiger partial charge in [-0.25, -0.2) is 8.42 Å². The molecular formula is C14H21NO5S. The van der Waals surface area contributed by atoms with E-state index in [2.05, 4.69) is 4.90 Å². The molecule has 1 fully saturated rings. The zero-order chi connectivity index (χ0) is 15.3. The number of hydrogen-bond donors (Lipinski definition) is 1. The summed E-state index contributed by atoms with van der Waals surface area (Å²) in [7, 11) is -3.22. The molecule has 21 heavy (non-hydrogen) atoms. The summed E-state index contributed by atoms with van der Waals surface area (Å²) >= 11 is 0. The van der Waals surface area contributed by atoms with Crippen molar-refractivity contribution < 1.29 is 23.0 Å². The third-order valence-electron chi connectivity index (χ3n) is 3.44. The van der Waals surface area contributed by atoms with Gasteiger partial charge in [-0.3, -0.25) is 4.90 Å². The third kappa shape index (κ3) is 4.67. The molecule has 1 N–H and O–H groups in total. The van der Waals surface area contributed by atoms with Crippen LogP contribution >= 0.6 is 0 Å². The topological polar surface area (TPSA) is 76.1 Å². The molecule has 2 rings (SSSR count). The van der Waals surface area contributed by atoms with Gasteiger partial charge in [0.15, 0.2) is 9.84 Å². The Hall–Kier alpha value is -1.15. The van der Waals surface area contributed by atoms with E-state index in [-0.39, 0.29) is 17.5 Å². The minimum absolute atomic E-state index is 0.00436. The number of nitrogens with zero attached hydrogens (tertiary/aromatic N) is 1. The van der Waals surface area contributed by atoms with Gasteiger partial charge < -0.3 is 14.6 Å². The van der Waals surface area contributed by atoms with Crippen molar-refractivity contribution in [2.24, 2.45) is 0 Å². The van der Waals surface area contributed by atoms with Gasteiger partial charge in [0.05, 0.1) is 30.8 Å². The Kier molecular flexibility index (Phi) is 5.58. The number of hydrogen-bond acceptors (Lipinski definition) is 6. The van der Waals surface area contributed by atoms with E-state index < -0.39 is 9.84 Å². The second-order valence-corrected chi connectivity index (χ2v) is 7.06. The average Bonchev–Trinajstić information content (AvgIpc) is 2.47. The van der Waals surface area contributed by atoms with E-state index in [1.165, 1.54) is 12.3 Å². The summed E-state index contributed by atoms with van der Waals surface area (Å²) in [6.07, 6.45) is 1.17. The van der Waals surface area contributed by atoms with Crippen LogP contribution in [0.25, 0.3) is 0 Å². The van der Waals surface area contributed by atoms with Crippen LogP contribution in [-0.4, -0.2) is 70.2 Å². The Morgan fingerprint density at radius 2 is 2.29 bits per heavy atom. The summed E-state index contributed by atoms with van der Waals surface area (Å²) in [5.41, 5.74) is 0. The molecule has 0 amide bonds. The predicted octanol–water partition coefficient (Wildman–Crippen LogP) is 0.162. The van der Waals surface area contributed by atoms with E-state index in [9.17, 15) is 13.5 Å². The first-order chi connectivity index (χ1) is 10.0. The first-order valence-corrected chi connectivity index (χ1v) is 8.75. The Labute approximate surface area is 125 Å². The Bertz CT molecular complexity index is 560. The van der Waals surface area contributed by atoms with Crippen molar-refractivity contribution >= 4 is 9.84 Å². The zero-order valence-electron chi connectivity index (χ0n) is 12.1. The maximum Gasteiger partial charge on any atom is 0.175 e. The van der Waals surface area contributed by atoms with Crippen LogP contribution in [0.3, 0.4) is 0 Å². The molecule has 0 bridgehead atoms. The van der Waals surface area contributed by atoms with Crippen LogP contribution in [0.15, 0.2) is 29.2 Å². The summed E-state index contributed by atoms with van der Waals surface area (Å²) in [6.45, 7) is 3.10. The first-order valence-electron chi connectivity index (χ1n) is 6.86. The lowest BCUT2D eigenvalue weighted by atomic mass is 10.2. The number of aliphatic hydroxyl groups excluding tert-OH is 1. The minimum Gasteiger partial charge on any atom is -0.492 e. The van der Waals surface area contributed by atoms with Crippen molar-refractivity contribution in [1.82, 2.24) is 4.90 Å². The lowest BCUT2D eigenvalue weighted by molar-refractivity contribution is -0.0312. The molecule has 6 nitrogen and oxygen atoms in total. The summed E-state index contributed by atoms with van der Waals surface area (Å²) in [5, 5.41) is 9.27. The van der Waals surface area contributed by atoms with Gasteiger partial charge in [0.1, 0.15) is 12.4 Å². The molecule has 1 saturated heterocycles. The molecule has 0 spiro atoms. The van der Waals surface area contributed by atoms with Crippen LogP contribution < -0.4 is 4.74 Å². The fraction of sp³-hybridized carbons (Fsp3) is 0.571. The number of rotatable bonds is 6. The van der Waals surface area contributed by atoms with E-state index in [1.807, 2.05) is 0 Å². The Morgan fingerprint density at radius 1 is 1.48 bits per heavy atom. The monoisotopic (exact) mass is 315 g/mol. The van der Waals surface area contributed by atoms with E-state index >= 15 is 0 Å². The predicted molar refractivity (Wildman–Crippen MR) is 78.3 cm³/mol. The Morgan fingerprint density at radius 3 is 3.00 bits per heavy atom. The van der Waals surface area contributed by atoms with E-state index in [4.69, 9.17) is 9.47 Å². The van der Waals surface area contributed by atoms with E-state index in [0.29, 0.717) is 32.1 Å². The van der Waals surface area contributed by atoms with Gasteiger partial charge in [0, 0.05) is 19.3 Å². The first kappa shape index (κ1) is 16.2. The van der Waals surface area contributed by atoms with Gasteiger partial charge in [-0.15, -0.1) is 0 Å². The second-order valence-electron chi connectivity index (χ2n) is 5.04. The average molecular weight is 315 g/mol. The van der Waals surface area contributed by atoms with Crippen molar-refractivity contribution in [3.8, 4) is 5.75 Å². The molecule has 1 heterocycles. The van der Waals surface area contributed by atoms with Crippen LogP contribution in [0, 0.1) is 0 Å². The highest BCUT2D eigenvalue weighted by Gasteiger charge is 2.21. The molecule has 0 unspecified atom stereocenters. The van der Waals surface area contributed by atoms with E-state index in [1.54, 1.807) is 18.2 Å². The van der Waals surface area contributed by atoms with Crippen molar-refractivity contribution in [3.63, 3.8) is 0 Å². The standard InChI is InChI=1S/C14H21NO5S/c1-21(17,18)14-4-2-3-13(9-14)20-8-6-15-5-7-19-11-12(15)10-16/h2-4,9,12,16H,5-8,10-11H2,1H3/t12-/m0/s1. The molecule has 118 valence electrons. The van der Waals surface area contributed by atoms with Crippen molar-refractivity contribution in [2.45, 2.75) is 10.9 Å². The highest BCUT2D eigenvalue weighted by molar-refractivity contribution is 7.90. The zero-order valence-corrected chi connectivity index (χ0v) is 12.9. The van der Waals surface area contributed by atoms with Crippen molar-refractivity contribution in [2.75, 3.05) is 45.8 Å². The highest BCUT2D eigenvalue weighted by atomic mass is 32.2. The van der Waals surface area contributed by atoms with Crippen LogP contribution in [0.1, 0.15) is 0 Å². The van der Waals surface area contributed by atoms with Gasteiger partial charge >= 0.3 is 0 Å². The fourth-order valence-electron chi connectivity index (χ4n) is 2.23. The molecule has 1 aliphatic rings. The number of sulfone groups is 1. The lowest BCUT2D eigenvalue weighted by Gasteiger charge is -2.34. The van der Waals surface area contributed by atoms with Crippen molar-refractivity contribution in [3.05, 3.63) is 24.3 Å². The molecule has 1 aliphatic heterocycles. The largest absolute Gasteiger partial charge is 0.492 e. The van der Waals surface area contributed by atoms with E-state index in [0.717, 1.165) is 6.54 Å². The van der Waals surface area contributed by atoms with Crippen LogP contribution in [-0.2, 0) is 14.6 Å². The number of ether oxygens (including phenoxy) is 2. The fourth-order valence-corrected chi connectivity index (χ4v) is 2.88. The molecular weight excluding hydrogens is 294 g/mol. The molecule has 0 radical (unpaired) electrons. The second kappa shape index (κ2) is 7.22. The number of morpholine rings is 1. The van der Waals surface area contributed by atoms with Crippen LogP contribution in [0.5, 0.6) is 5.75 Å². The quantitative estimate of drug-likeness (QED) is 0.806. The minimum atomic E-state index is -3.22. The highest BCUT2D eigenvalue weighted by Crippen LogP contribution is 2.17. The van der Waals surface area contributed by atoms with Crippen molar-refractivity contribution in [1.29, 1.82) is 0 Å². The van der Waals surface area contributed by atoms with Gasteiger partial charge in [-0.2, -0.15) is 0 Å². The molecule has 1 aromatic rings. The maximum absolute atomic E-state index is 11.5. The van der Waals surface area contributed by atoms with Crippen LogP contribution in [0.2, 0.25) is 0 Å². The SMILES string of the molecule is CS(=O)(=O)c1cccc(OCCN2CCOC[C@@H]2CO)c1. The third-order valence-corrected chi connectivity index (χ3v) is 4.55. The van der Waals surface area contributed by atoms with Gasteiger partial charge in [0.2, 0.25) is 0 Å². The molecule has 0 aromatic heterocycles. The normalized spacial score (nSPS) is 20.4. The summed E-state index contributed by atoms with van der Waals surface area (Å²) in [6, 6.07) is 6.48.